The molecule has 30 heavy (non-hydrogen) atoms. The molecule has 6 nitrogen and oxygen atoms in total. The van der Waals surface area contributed by atoms with Gasteiger partial charge in [0.25, 0.3) is 5.91 Å². The largest absolute Gasteiger partial charge is 0.493 e. The summed E-state index contributed by atoms with van der Waals surface area (Å²) in [7, 11) is 6.25. The monoisotopic (exact) mass is 410 g/mol. The summed E-state index contributed by atoms with van der Waals surface area (Å²) in [5, 5.41) is 3.16. The highest BCUT2D eigenvalue weighted by Crippen LogP contribution is 2.25. The third-order valence-electron chi connectivity index (χ3n) is 5.66. The molecule has 1 aliphatic rings. The molecule has 0 unspecified atom stereocenters. The van der Waals surface area contributed by atoms with Crippen LogP contribution in [-0.2, 0) is 0 Å². The van der Waals surface area contributed by atoms with Crippen molar-refractivity contribution in [2.75, 3.05) is 65.4 Å². The van der Waals surface area contributed by atoms with E-state index in [9.17, 15) is 4.79 Å². The molecule has 1 atom stereocenters. The zero-order valence-corrected chi connectivity index (χ0v) is 18.6. The van der Waals surface area contributed by atoms with Crippen LogP contribution < -0.4 is 15.0 Å². The van der Waals surface area contributed by atoms with Gasteiger partial charge in [-0.15, -0.1) is 0 Å². The van der Waals surface area contributed by atoms with Crippen molar-refractivity contribution in [1.29, 1.82) is 0 Å². The van der Waals surface area contributed by atoms with Crippen LogP contribution in [0.25, 0.3) is 0 Å². The van der Waals surface area contributed by atoms with E-state index in [1.54, 1.807) is 0 Å². The van der Waals surface area contributed by atoms with Gasteiger partial charge in [0.15, 0.2) is 0 Å². The minimum atomic E-state index is -0.0944. The lowest BCUT2D eigenvalue weighted by molar-refractivity contribution is 0.0883. The topological polar surface area (TPSA) is 48.1 Å². The van der Waals surface area contributed by atoms with Crippen LogP contribution >= 0.6 is 0 Å². The highest BCUT2D eigenvalue weighted by molar-refractivity contribution is 5.96. The Hall–Kier alpha value is -2.57. The molecule has 1 heterocycles. The summed E-state index contributed by atoms with van der Waals surface area (Å²) in [5.74, 6) is 0.534. The Morgan fingerprint density at radius 3 is 2.37 bits per heavy atom. The molecule has 0 bridgehead atoms. The number of carbonyl (C=O) groups is 1. The van der Waals surface area contributed by atoms with Crippen molar-refractivity contribution in [2.45, 2.75) is 13.0 Å². The van der Waals surface area contributed by atoms with Gasteiger partial charge in [0.2, 0.25) is 0 Å². The molecule has 1 amide bonds. The van der Waals surface area contributed by atoms with E-state index in [1.165, 1.54) is 11.3 Å². The molecule has 0 aromatic heterocycles. The Labute approximate surface area is 180 Å². The molecule has 6 heteroatoms. The van der Waals surface area contributed by atoms with Crippen LogP contribution in [-0.4, -0.2) is 76.2 Å². The van der Waals surface area contributed by atoms with E-state index in [1.807, 2.05) is 45.3 Å². The van der Waals surface area contributed by atoms with Gasteiger partial charge in [-0.05, 0) is 43.8 Å². The third kappa shape index (κ3) is 5.52. The number of ether oxygens (including phenoxy) is 1. The first-order chi connectivity index (χ1) is 14.5. The SMILES string of the molecule is CCOc1ccccc1C(=O)NC[C@@H](c1ccc(N(C)C)cc1)N1CCN(C)CC1. The molecule has 0 radical (unpaired) electrons. The summed E-state index contributed by atoms with van der Waals surface area (Å²) in [6.07, 6.45) is 0. The van der Waals surface area contributed by atoms with E-state index < -0.39 is 0 Å². The van der Waals surface area contributed by atoms with E-state index in [0.717, 1.165) is 26.2 Å². The summed E-state index contributed by atoms with van der Waals surface area (Å²) in [6, 6.07) is 16.2. The van der Waals surface area contributed by atoms with Gasteiger partial charge < -0.3 is 19.9 Å². The smallest absolute Gasteiger partial charge is 0.255 e. The Bertz CT molecular complexity index is 814. The summed E-state index contributed by atoms with van der Waals surface area (Å²) >= 11 is 0. The molecule has 3 rings (SSSR count). The summed E-state index contributed by atoms with van der Waals surface area (Å²) in [6.45, 7) is 7.07. The number of carbonyl (C=O) groups excluding carboxylic acids is 1. The second kappa shape index (κ2) is 10.5. The average Bonchev–Trinajstić information content (AvgIpc) is 2.76. The predicted molar refractivity (Wildman–Crippen MR) is 123 cm³/mol. The van der Waals surface area contributed by atoms with Crippen molar-refractivity contribution in [2.24, 2.45) is 0 Å². The number of hydrogen-bond donors (Lipinski definition) is 1. The summed E-state index contributed by atoms with van der Waals surface area (Å²) in [5.41, 5.74) is 2.98. The van der Waals surface area contributed by atoms with Crippen molar-refractivity contribution in [3.63, 3.8) is 0 Å². The molecular weight excluding hydrogens is 376 g/mol. The first kappa shape index (κ1) is 22.1. The van der Waals surface area contributed by atoms with Gasteiger partial charge in [0, 0.05) is 52.5 Å². The first-order valence-corrected chi connectivity index (χ1v) is 10.7. The van der Waals surface area contributed by atoms with E-state index >= 15 is 0 Å². The van der Waals surface area contributed by atoms with Gasteiger partial charge in [-0.3, -0.25) is 9.69 Å². The average molecular weight is 411 g/mol. The number of amides is 1. The molecule has 162 valence electrons. The maximum absolute atomic E-state index is 12.9. The molecular formula is C24H34N4O2. The normalized spacial score (nSPS) is 16.1. The lowest BCUT2D eigenvalue weighted by Gasteiger charge is -2.38. The zero-order valence-electron chi connectivity index (χ0n) is 18.6. The van der Waals surface area contributed by atoms with Crippen LogP contribution in [0.3, 0.4) is 0 Å². The Balaban J connectivity index is 1.76. The van der Waals surface area contributed by atoms with Crippen LogP contribution in [0.1, 0.15) is 28.9 Å². The van der Waals surface area contributed by atoms with Crippen LogP contribution in [0.2, 0.25) is 0 Å². The highest BCUT2D eigenvalue weighted by atomic mass is 16.5. The minimum absolute atomic E-state index is 0.0944. The number of nitrogens with one attached hydrogen (secondary N) is 1. The molecule has 1 fully saturated rings. The lowest BCUT2D eigenvalue weighted by atomic mass is 10.0. The van der Waals surface area contributed by atoms with Crippen molar-refractivity contribution in [3.05, 3.63) is 59.7 Å². The molecule has 1 saturated heterocycles. The van der Waals surface area contributed by atoms with E-state index in [4.69, 9.17) is 4.74 Å². The van der Waals surface area contributed by atoms with E-state index in [-0.39, 0.29) is 11.9 Å². The number of piperazine rings is 1. The quantitative estimate of drug-likeness (QED) is 0.725. The number of para-hydroxylation sites is 1. The van der Waals surface area contributed by atoms with Gasteiger partial charge in [-0.1, -0.05) is 24.3 Å². The fourth-order valence-corrected chi connectivity index (χ4v) is 3.81. The number of hydrogen-bond acceptors (Lipinski definition) is 5. The highest BCUT2D eigenvalue weighted by Gasteiger charge is 2.25. The molecule has 1 aliphatic heterocycles. The van der Waals surface area contributed by atoms with Crippen molar-refractivity contribution in [3.8, 4) is 5.75 Å². The number of anilines is 1. The number of rotatable bonds is 8. The van der Waals surface area contributed by atoms with Crippen LogP contribution in [0.15, 0.2) is 48.5 Å². The maximum Gasteiger partial charge on any atom is 0.255 e. The summed E-state index contributed by atoms with van der Waals surface area (Å²) < 4.78 is 5.63. The van der Waals surface area contributed by atoms with Gasteiger partial charge in [0.1, 0.15) is 5.75 Å². The molecule has 0 aliphatic carbocycles. The minimum Gasteiger partial charge on any atom is -0.493 e. The maximum atomic E-state index is 12.9. The Kier molecular flexibility index (Phi) is 7.71. The van der Waals surface area contributed by atoms with Gasteiger partial charge in [-0.25, -0.2) is 0 Å². The number of nitrogens with zero attached hydrogens (tertiary/aromatic N) is 3. The van der Waals surface area contributed by atoms with Gasteiger partial charge >= 0.3 is 0 Å². The van der Waals surface area contributed by atoms with Crippen molar-refractivity contribution < 1.29 is 9.53 Å². The fraction of sp³-hybridized carbons (Fsp3) is 0.458. The zero-order chi connectivity index (χ0) is 21.5. The second-order valence-corrected chi connectivity index (χ2v) is 7.98. The first-order valence-electron chi connectivity index (χ1n) is 10.7. The third-order valence-corrected chi connectivity index (χ3v) is 5.66. The second-order valence-electron chi connectivity index (χ2n) is 7.98. The molecule has 2 aromatic carbocycles. The Morgan fingerprint density at radius 2 is 1.73 bits per heavy atom. The number of benzene rings is 2. The lowest BCUT2D eigenvalue weighted by Crippen LogP contribution is -2.48. The molecule has 0 spiro atoms. The van der Waals surface area contributed by atoms with E-state index in [0.29, 0.717) is 24.5 Å². The fourth-order valence-electron chi connectivity index (χ4n) is 3.81. The molecule has 2 aromatic rings. The number of likely N-dealkylation sites (N-methyl/N-ethyl adjacent to an activating group) is 1. The van der Waals surface area contributed by atoms with Gasteiger partial charge in [0.05, 0.1) is 18.2 Å². The predicted octanol–water partition coefficient (Wildman–Crippen LogP) is 2.87. The van der Waals surface area contributed by atoms with Crippen LogP contribution in [0.5, 0.6) is 5.75 Å². The van der Waals surface area contributed by atoms with Crippen LogP contribution in [0, 0.1) is 0 Å². The van der Waals surface area contributed by atoms with E-state index in [2.05, 4.69) is 51.3 Å². The van der Waals surface area contributed by atoms with Crippen LogP contribution in [0.4, 0.5) is 5.69 Å². The summed E-state index contributed by atoms with van der Waals surface area (Å²) in [4.78, 5) is 19.8. The molecule has 1 N–H and O–H groups in total. The van der Waals surface area contributed by atoms with Crippen molar-refractivity contribution >= 4 is 11.6 Å². The van der Waals surface area contributed by atoms with Crippen molar-refractivity contribution in [1.82, 2.24) is 15.1 Å². The standard InChI is InChI=1S/C24H34N4O2/c1-5-30-23-9-7-6-8-21(23)24(29)25-18-22(28-16-14-27(4)15-17-28)19-10-12-20(13-11-19)26(2)3/h6-13,22H,5,14-18H2,1-4H3,(H,25,29)/t22-/m0/s1. The van der Waals surface area contributed by atoms with Gasteiger partial charge in [-0.2, -0.15) is 0 Å². The Morgan fingerprint density at radius 1 is 1.07 bits per heavy atom. The molecule has 0 saturated carbocycles.